The molecule has 3 aromatic carbocycles. The van der Waals surface area contributed by atoms with Gasteiger partial charge in [-0.05, 0) is 36.4 Å². The van der Waals surface area contributed by atoms with E-state index in [0.717, 1.165) is 12.1 Å². The van der Waals surface area contributed by atoms with Crippen LogP contribution in [0.5, 0.6) is 11.5 Å². The fraction of sp³-hybridized carbons (Fsp3) is 0.130. The van der Waals surface area contributed by atoms with Gasteiger partial charge >= 0.3 is 6.03 Å². The lowest BCUT2D eigenvalue weighted by molar-refractivity contribution is -0.116. The minimum Gasteiger partial charge on any atom is -0.455 e. The third-order valence-corrected chi connectivity index (χ3v) is 4.78. The van der Waals surface area contributed by atoms with Crippen LogP contribution in [0.1, 0.15) is 0 Å². The second kappa shape index (κ2) is 8.83. The van der Waals surface area contributed by atoms with Gasteiger partial charge in [-0.15, -0.1) is 0 Å². The molecular weight excluding hydrogens is 404 g/mol. The van der Waals surface area contributed by atoms with Gasteiger partial charge in [0.05, 0.1) is 5.69 Å². The maximum atomic E-state index is 13.5. The number of rotatable bonds is 6. The van der Waals surface area contributed by atoms with Crippen LogP contribution in [0, 0.1) is 11.6 Å². The van der Waals surface area contributed by atoms with Crippen molar-refractivity contribution in [1.82, 2.24) is 4.90 Å². The number of nitrogens with one attached hydrogen (secondary N) is 1. The van der Waals surface area contributed by atoms with Gasteiger partial charge in [-0.3, -0.25) is 9.69 Å². The molecule has 0 spiro atoms. The van der Waals surface area contributed by atoms with Crippen molar-refractivity contribution in [3.05, 3.63) is 84.4 Å². The van der Waals surface area contributed by atoms with E-state index in [9.17, 15) is 18.4 Å². The van der Waals surface area contributed by atoms with Crippen LogP contribution in [-0.2, 0) is 4.79 Å². The van der Waals surface area contributed by atoms with Crippen LogP contribution in [0.15, 0.2) is 72.8 Å². The van der Waals surface area contributed by atoms with Crippen LogP contribution >= 0.6 is 0 Å². The molecule has 1 saturated heterocycles. The smallest absolute Gasteiger partial charge is 0.325 e. The molecule has 158 valence electrons. The van der Waals surface area contributed by atoms with E-state index >= 15 is 0 Å². The molecule has 1 N–H and O–H groups in total. The fourth-order valence-electron chi connectivity index (χ4n) is 3.26. The lowest BCUT2D eigenvalue weighted by atomic mass is 10.2. The Kier molecular flexibility index (Phi) is 5.79. The Balaban J connectivity index is 1.40. The molecule has 1 aliphatic rings. The summed E-state index contributed by atoms with van der Waals surface area (Å²) in [5.41, 5.74) is 0.717. The van der Waals surface area contributed by atoms with Gasteiger partial charge in [0.2, 0.25) is 5.91 Å². The third kappa shape index (κ3) is 4.63. The zero-order valence-corrected chi connectivity index (χ0v) is 16.4. The van der Waals surface area contributed by atoms with Crippen molar-refractivity contribution in [3.8, 4) is 11.5 Å². The molecule has 0 atom stereocenters. The Morgan fingerprint density at radius 2 is 1.68 bits per heavy atom. The highest BCUT2D eigenvalue weighted by Crippen LogP contribution is 2.29. The first-order valence-corrected chi connectivity index (χ1v) is 9.64. The zero-order valence-electron chi connectivity index (χ0n) is 16.4. The summed E-state index contributed by atoms with van der Waals surface area (Å²) in [6.07, 6.45) is 0. The first kappa shape index (κ1) is 20.3. The standard InChI is InChI=1S/C23H19F2N3O3/c24-18-11-10-16(14-19(18)25)28-13-12-27(23(28)30)15-22(29)26-20-8-4-5-9-21(20)31-17-6-2-1-3-7-17/h1-11,14H,12-13,15H2,(H,26,29). The number of carbonyl (C=O) groups is 2. The normalized spacial score (nSPS) is 13.4. The molecule has 0 aromatic heterocycles. The molecule has 0 saturated carbocycles. The molecule has 1 fully saturated rings. The van der Waals surface area contributed by atoms with E-state index < -0.39 is 23.6 Å². The van der Waals surface area contributed by atoms with Crippen LogP contribution in [0.2, 0.25) is 0 Å². The van der Waals surface area contributed by atoms with Gasteiger partial charge in [-0.25, -0.2) is 13.6 Å². The van der Waals surface area contributed by atoms with Crippen molar-refractivity contribution >= 4 is 23.3 Å². The maximum Gasteiger partial charge on any atom is 0.325 e. The summed E-state index contributed by atoms with van der Waals surface area (Å²) in [5, 5.41) is 2.76. The average molecular weight is 423 g/mol. The number of anilines is 2. The summed E-state index contributed by atoms with van der Waals surface area (Å²) >= 11 is 0. The Morgan fingerprint density at radius 3 is 2.45 bits per heavy atom. The quantitative estimate of drug-likeness (QED) is 0.629. The Morgan fingerprint density at radius 1 is 0.935 bits per heavy atom. The van der Waals surface area contributed by atoms with Crippen molar-refractivity contribution in [2.24, 2.45) is 0 Å². The number of urea groups is 1. The average Bonchev–Trinajstić information content (AvgIpc) is 3.12. The number of para-hydroxylation sites is 3. The lowest BCUT2D eigenvalue weighted by Crippen LogP contribution is -2.37. The van der Waals surface area contributed by atoms with E-state index in [0.29, 0.717) is 17.2 Å². The molecule has 0 unspecified atom stereocenters. The summed E-state index contributed by atoms with van der Waals surface area (Å²) in [7, 11) is 0. The van der Waals surface area contributed by atoms with Gasteiger partial charge < -0.3 is 15.0 Å². The number of halogens is 2. The Labute approximate surface area is 177 Å². The maximum absolute atomic E-state index is 13.5. The number of nitrogens with zero attached hydrogens (tertiary/aromatic N) is 2. The highest BCUT2D eigenvalue weighted by Gasteiger charge is 2.31. The first-order valence-electron chi connectivity index (χ1n) is 9.64. The van der Waals surface area contributed by atoms with E-state index in [2.05, 4.69) is 5.32 Å². The van der Waals surface area contributed by atoms with E-state index in [-0.39, 0.29) is 25.3 Å². The van der Waals surface area contributed by atoms with Crippen LogP contribution in [-0.4, -0.2) is 36.5 Å². The number of hydrogen-bond donors (Lipinski definition) is 1. The summed E-state index contributed by atoms with van der Waals surface area (Å²) in [6, 6.07) is 19.0. The molecule has 1 aliphatic heterocycles. The molecule has 8 heteroatoms. The van der Waals surface area contributed by atoms with Crippen molar-refractivity contribution in [3.63, 3.8) is 0 Å². The summed E-state index contributed by atoms with van der Waals surface area (Å²) in [6.45, 7) is 0.372. The van der Waals surface area contributed by atoms with Crippen molar-refractivity contribution in [2.45, 2.75) is 0 Å². The summed E-state index contributed by atoms with van der Waals surface area (Å²) < 4.78 is 32.5. The van der Waals surface area contributed by atoms with Gasteiger partial charge in [-0.1, -0.05) is 30.3 Å². The van der Waals surface area contributed by atoms with Gasteiger partial charge in [0.1, 0.15) is 12.3 Å². The summed E-state index contributed by atoms with van der Waals surface area (Å²) in [5.74, 6) is -1.32. The van der Waals surface area contributed by atoms with Gasteiger partial charge in [0.25, 0.3) is 0 Å². The molecule has 4 rings (SSSR count). The number of hydrogen-bond acceptors (Lipinski definition) is 3. The van der Waals surface area contributed by atoms with Crippen molar-refractivity contribution < 1.29 is 23.1 Å². The molecule has 0 aliphatic carbocycles. The largest absolute Gasteiger partial charge is 0.455 e. The SMILES string of the molecule is O=C(CN1CCN(c2ccc(F)c(F)c2)C1=O)Nc1ccccc1Oc1ccccc1. The highest BCUT2D eigenvalue weighted by atomic mass is 19.2. The monoisotopic (exact) mass is 423 g/mol. The minimum atomic E-state index is -1.03. The molecule has 3 amide bonds. The van der Waals surface area contributed by atoms with Gasteiger partial charge in [-0.2, -0.15) is 0 Å². The van der Waals surface area contributed by atoms with Gasteiger partial charge in [0, 0.05) is 24.8 Å². The lowest BCUT2D eigenvalue weighted by Gasteiger charge is -2.19. The molecule has 0 radical (unpaired) electrons. The molecule has 31 heavy (non-hydrogen) atoms. The first-order chi connectivity index (χ1) is 15.0. The fourth-order valence-corrected chi connectivity index (χ4v) is 3.26. The minimum absolute atomic E-state index is 0.182. The number of benzene rings is 3. The van der Waals surface area contributed by atoms with E-state index in [1.807, 2.05) is 18.2 Å². The van der Waals surface area contributed by atoms with Crippen LogP contribution in [0.4, 0.5) is 25.0 Å². The molecular formula is C23H19F2N3O3. The van der Waals surface area contributed by atoms with Gasteiger partial charge in [0.15, 0.2) is 17.4 Å². The Bertz CT molecular complexity index is 1110. The van der Waals surface area contributed by atoms with Crippen molar-refractivity contribution in [2.75, 3.05) is 29.9 Å². The second-order valence-electron chi connectivity index (χ2n) is 6.91. The van der Waals surface area contributed by atoms with Crippen LogP contribution in [0.25, 0.3) is 0 Å². The predicted octanol–water partition coefficient (Wildman–Crippen LogP) is 4.64. The molecule has 6 nitrogen and oxygen atoms in total. The second-order valence-corrected chi connectivity index (χ2v) is 6.91. The molecule has 3 aromatic rings. The Hall–Kier alpha value is -3.94. The highest BCUT2D eigenvalue weighted by molar-refractivity contribution is 5.99. The zero-order chi connectivity index (χ0) is 21.8. The number of ether oxygens (including phenoxy) is 1. The predicted molar refractivity (Wildman–Crippen MR) is 112 cm³/mol. The van der Waals surface area contributed by atoms with Crippen LogP contribution < -0.4 is 15.0 Å². The number of carbonyl (C=O) groups excluding carboxylic acids is 2. The topological polar surface area (TPSA) is 61.9 Å². The van der Waals surface area contributed by atoms with E-state index in [4.69, 9.17) is 4.74 Å². The third-order valence-electron chi connectivity index (χ3n) is 4.78. The van der Waals surface area contributed by atoms with Crippen molar-refractivity contribution in [1.29, 1.82) is 0 Å². The van der Waals surface area contributed by atoms with Crippen LogP contribution in [0.3, 0.4) is 0 Å². The van der Waals surface area contributed by atoms with E-state index in [1.165, 1.54) is 15.9 Å². The number of amides is 3. The van der Waals surface area contributed by atoms with E-state index in [1.54, 1.807) is 36.4 Å². The molecule has 0 bridgehead atoms. The summed E-state index contributed by atoms with van der Waals surface area (Å²) in [4.78, 5) is 27.9. The molecule has 1 heterocycles.